The van der Waals surface area contributed by atoms with Crippen molar-refractivity contribution in [3.8, 4) is 5.75 Å². The van der Waals surface area contributed by atoms with Gasteiger partial charge < -0.3 is 10.1 Å². The van der Waals surface area contributed by atoms with E-state index < -0.39 is 23.6 Å². The highest BCUT2D eigenvalue weighted by molar-refractivity contribution is 6.30. The lowest BCUT2D eigenvalue weighted by Crippen LogP contribution is -2.32. The van der Waals surface area contributed by atoms with Gasteiger partial charge in [-0.25, -0.2) is 8.78 Å². The Bertz CT molecular complexity index is 662. The second-order valence-electron chi connectivity index (χ2n) is 4.59. The molecule has 0 aromatic heterocycles. The molecule has 6 heteroatoms. The molecule has 0 unspecified atom stereocenters. The zero-order valence-electron chi connectivity index (χ0n) is 11.8. The average Bonchev–Trinajstić information content (AvgIpc) is 2.50. The van der Waals surface area contributed by atoms with Gasteiger partial charge >= 0.3 is 0 Å². The molecule has 0 aliphatic carbocycles. The summed E-state index contributed by atoms with van der Waals surface area (Å²) >= 11 is 5.78. The summed E-state index contributed by atoms with van der Waals surface area (Å²) in [4.78, 5) is 12.1. The molecule has 1 N–H and O–H groups in total. The Balaban J connectivity index is 2.04. The van der Waals surface area contributed by atoms with Gasteiger partial charge in [0.2, 0.25) is 0 Å². The van der Waals surface area contributed by atoms with Crippen LogP contribution < -0.4 is 10.1 Å². The van der Waals surface area contributed by atoms with Crippen molar-refractivity contribution in [1.82, 2.24) is 0 Å². The van der Waals surface area contributed by atoms with Crippen molar-refractivity contribution in [1.29, 1.82) is 0 Å². The summed E-state index contributed by atoms with van der Waals surface area (Å²) in [6, 6.07) is 9.75. The number of hydrogen-bond acceptors (Lipinski definition) is 2. The molecule has 0 saturated heterocycles. The van der Waals surface area contributed by atoms with Crippen molar-refractivity contribution in [2.75, 3.05) is 5.32 Å². The van der Waals surface area contributed by atoms with Gasteiger partial charge in [0.1, 0.15) is 5.75 Å². The predicted molar refractivity (Wildman–Crippen MR) is 81.1 cm³/mol. The van der Waals surface area contributed by atoms with Crippen molar-refractivity contribution in [2.24, 2.45) is 0 Å². The van der Waals surface area contributed by atoms with E-state index in [1.54, 1.807) is 31.2 Å². The molecule has 0 fully saturated rings. The van der Waals surface area contributed by atoms with Gasteiger partial charge in [0.25, 0.3) is 5.91 Å². The molecule has 2 aromatic carbocycles. The van der Waals surface area contributed by atoms with Crippen LogP contribution in [0.5, 0.6) is 5.75 Å². The SMILES string of the molecule is CC[C@H](Oc1ccc(Cl)cc1)C(=O)Nc1ccc(F)c(F)c1. The maximum absolute atomic E-state index is 13.1. The maximum Gasteiger partial charge on any atom is 0.265 e. The van der Waals surface area contributed by atoms with E-state index in [-0.39, 0.29) is 5.69 Å². The number of nitrogens with one attached hydrogen (secondary N) is 1. The van der Waals surface area contributed by atoms with Crippen LogP contribution in [0.3, 0.4) is 0 Å². The monoisotopic (exact) mass is 325 g/mol. The summed E-state index contributed by atoms with van der Waals surface area (Å²) in [5, 5.41) is 3.06. The van der Waals surface area contributed by atoms with Crippen LogP contribution in [0.4, 0.5) is 14.5 Å². The van der Waals surface area contributed by atoms with E-state index in [0.29, 0.717) is 17.2 Å². The number of halogens is 3. The van der Waals surface area contributed by atoms with Gasteiger partial charge in [0, 0.05) is 16.8 Å². The first kappa shape index (κ1) is 16.2. The van der Waals surface area contributed by atoms with Gasteiger partial charge in [-0.2, -0.15) is 0 Å². The van der Waals surface area contributed by atoms with Crippen LogP contribution in [0.25, 0.3) is 0 Å². The summed E-state index contributed by atoms with van der Waals surface area (Å²) in [5.74, 6) is -1.94. The normalized spacial score (nSPS) is 11.8. The highest BCUT2D eigenvalue weighted by Crippen LogP contribution is 2.19. The fourth-order valence-electron chi connectivity index (χ4n) is 1.80. The quantitative estimate of drug-likeness (QED) is 0.884. The summed E-state index contributed by atoms with van der Waals surface area (Å²) in [6.07, 6.45) is -0.340. The molecular formula is C16H14ClF2NO2. The smallest absolute Gasteiger partial charge is 0.265 e. The topological polar surface area (TPSA) is 38.3 Å². The minimum Gasteiger partial charge on any atom is -0.481 e. The number of amides is 1. The highest BCUT2D eigenvalue weighted by Gasteiger charge is 2.19. The van der Waals surface area contributed by atoms with E-state index in [0.717, 1.165) is 12.1 Å². The lowest BCUT2D eigenvalue weighted by Gasteiger charge is -2.17. The molecule has 1 amide bonds. The van der Waals surface area contributed by atoms with Crippen LogP contribution in [0.15, 0.2) is 42.5 Å². The first-order valence-electron chi connectivity index (χ1n) is 6.67. The Morgan fingerprint density at radius 2 is 1.86 bits per heavy atom. The molecule has 3 nitrogen and oxygen atoms in total. The molecule has 116 valence electrons. The zero-order valence-corrected chi connectivity index (χ0v) is 12.5. The lowest BCUT2D eigenvalue weighted by molar-refractivity contribution is -0.122. The Hall–Kier alpha value is -2.14. The van der Waals surface area contributed by atoms with Crippen LogP contribution >= 0.6 is 11.6 Å². The molecular weight excluding hydrogens is 312 g/mol. The van der Waals surface area contributed by atoms with Crippen LogP contribution in [0.1, 0.15) is 13.3 Å². The van der Waals surface area contributed by atoms with Crippen molar-refractivity contribution < 1.29 is 18.3 Å². The number of anilines is 1. The fraction of sp³-hybridized carbons (Fsp3) is 0.188. The fourth-order valence-corrected chi connectivity index (χ4v) is 1.92. The Morgan fingerprint density at radius 1 is 1.18 bits per heavy atom. The molecule has 1 atom stereocenters. The van der Waals surface area contributed by atoms with Gasteiger partial charge in [0.05, 0.1) is 0 Å². The molecule has 0 aliphatic heterocycles. The molecule has 0 bridgehead atoms. The first-order chi connectivity index (χ1) is 10.5. The first-order valence-corrected chi connectivity index (χ1v) is 7.05. The third-order valence-electron chi connectivity index (χ3n) is 2.94. The number of carbonyl (C=O) groups excluding carboxylic acids is 1. The Morgan fingerprint density at radius 3 is 2.45 bits per heavy atom. The summed E-state index contributed by atoms with van der Waals surface area (Å²) in [5.41, 5.74) is 0.169. The van der Waals surface area contributed by atoms with Crippen LogP contribution in [0, 0.1) is 11.6 Å². The molecule has 22 heavy (non-hydrogen) atoms. The van der Waals surface area contributed by atoms with E-state index in [9.17, 15) is 13.6 Å². The second-order valence-corrected chi connectivity index (χ2v) is 5.02. The van der Waals surface area contributed by atoms with E-state index in [1.807, 2.05) is 0 Å². The van der Waals surface area contributed by atoms with Crippen molar-refractivity contribution in [2.45, 2.75) is 19.4 Å². The van der Waals surface area contributed by atoms with Crippen molar-refractivity contribution in [3.63, 3.8) is 0 Å². The average molecular weight is 326 g/mol. The van der Waals surface area contributed by atoms with Gasteiger partial charge in [-0.3, -0.25) is 4.79 Å². The molecule has 0 aliphatic rings. The van der Waals surface area contributed by atoms with E-state index in [2.05, 4.69) is 5.32 Å². The number of ether oxygens (including phenoxy) is 1. The van der Waals surface area contributed by atoms with E-state index in [1.165, 1.54) is 6.07 Å². The lowest BCUT2D eigenvalue weighted by atomic mass is 10.2. The summed E-state index contributed by atoms with van der Waals surface area (Å²) in [7, 11) is 0. The number of hydrogen-bond donors (Lipinski definition) is 1. The van der Waals surface area contributed by atoms with Crippen LogP contribution in [0.2, 0.25) is 5.02 Å². The van der Waals surface area contributed by atoms with Gasteiger partial charge in [0.15, 0.2) is 17.7 Å². The number of benzene rings is 2. The molecule has 0 radical (unpaired) electrons. The van der Waals surface area contributed by atoms with Gasteiger partial charge in [-0.05, 0) is 42.8 Å². The zero-order chi connectivity index (χ0) is 16.1. The van der Waals surface area contributed by atoms with Crippen molar-refractivity contribution in [3.05, 3.63) is 59.1 Å². The number of rotatable bonds is 5. The number of carbonyl (C=O) groups is 1. The highest BCUT2D eigenvalue weighted by atomic mass is 35.5. The predicted octanol–water partition coefficient (Wildman–Crippen LogP) is 4.41. The van der Waals surface area contributed by atoms with Crippen LogP contribution in [-0.4, -0.2) is 12.0 Å². The summed E-state index contributed by atoms with van der Waals surface area (Å²) in [6.45, 7) is 1.78. The van der Waals surface area contributed by atoms with Crippen molar-refractivity contribution >= 4 is 23.2 Å². The van der Waals surface area contributed by atoms with Gasteiger partial charge in [-0.15, -0.1) is 0 Å². The Kier molecular flexibility index (Phi) is 5.33. The molecule has 0 saturated carbocycles. The third kappa shape index (κ3) is 4.18. The van der Waals surface area contributed by atoms with Crippen LogP contribution in [-0.2, 0) is 4.79 Å². The minimum absolute atomic E-state index is 0.169. The third-order valence-corrected chi connectivity index (χ3v) is 3.19. The largest absolute Gasteiger partial charge is 0.481 e. The molecule has 0 spiro atoms. The van der Waals surface area contributed by atoms with E-state index >= 15 is 0 Å². The minimum atomic E-state index is -1.02. The summed E-state index contributed by atoms with van der Waals surface area (Å²) < 4.78 is 31.6. The second kappa shape index (κ2) is 7.22. The molecule has 2 aromatic rings. The Labute approximate surface area is 131 Å². The molecule has 2 rings (SSSR count). The maximum atomic E-state index is 13.1. The van der Waals surface area contributed by atoms with E-state index in [4.69, 9.17) is 16.3 Å². The molecule has 0 heterocycles. The van der Waals surface area contributed by atoms with Gasteiger partial charge in [-0.1, -0.05) is 18.5 Å². The standard InChI is InChI=1S/C16H14ClF2NO2/c1-2-15(22-12-6-3-10(17)4-7-12)16(21)20-11-5-8-13(18)14(19)9-11/h3-9,15H,2H2,1H3,(H,20,21)/t15-/m0/s1.